The van der Waals surface area contributed by atoms with Crippen LogP contribution in [0.15, 0.2) is 18.3 Å². The maximum Gasteiger partial charge on any atom is 0.408 e. The van der Waals surface area contributed by atoms with Crippen LogP contribution in [0.25, 0.3) is 10.8 Å². The van der Waals surface area contributed by atoms with E-state index in [2.05, 4.69) is 32.0 Å². The predicted molar refractivity (Wildman–Crippen MR) is 115 cm³/mol. The lowest BCUT2D eigenvalue weighted by Gasteiger charge is -2.46. The third-order valence-corrected chi connectivity index (χ3v) is 5.30. The van der Waals surface area contributed by atoms with Crippen molar-refractivity contribution in [2.75, 3.05) is 10.6 Å². The van der Waals surface area contributed by atoms with Crippen LogP contribution in [0.4, 0.5) is 16.4 Å². The number of anilines is 2. The minimum absolute atomic E-state index is 0.209. The number of nitrogens with zero attached hydrogens (tertiary/aromatic N) is 3. The van der Waals surface area contributed by atoms with Crippen LogP contribution in [0, 0.1) is 11.3 Å². The van der Waals surface area contributed by atoms with Crippen molar-refractivity contribution in [2.24, 2.45) is 0 Å². The quantitative estimate of drug-likeness (QED) is 0.687. The Labute approximate surface area is 176 Å². The summed E-state index contributed by atoms with van der Waals surface area (Å²) in [6, 6.07) is 6.50. The Hall–Kier alpha value is -3.08. The van der Waals surface area contributed by atoms with Crippen LogP contribution in [-0.2, 0) is 4.74 Å². The summed E-state index contributed by atoms with van der Waals surface area (Å²) in [6.07, 6.45) is 5.20. The van der Waals surface area contributed by atoms with Gasteiger partial charge in [0.05, 0.1) is 0 Å². The van der Waals surface area contributed by atoms with E-state index in [1.165, 1.54) is 0 Å². The summed E-state index contributed by atoms with van der Waals surface area (Å²) in [5, 5.41) is 20.9. The van der Waals surface area contributed by atoms with Crippen molar-refractivity contribution in [1.82, 2.24) is 15.3 Å². The van der Waals surface area contributed by atoms with Crippen molar-refractivity contribution in [1.29, 1.82) is 5.26 Å². The topological polar surface area (TPSA) is 112 Å². The highest BCUT2D eigenvalue weighted by atomic mass is 16.6. The highest BCUT2D eigenvalue weighted by Crippen LogP contribution is 2.35. The van der Waals surface area contributed by atoms with E-state index < -0.39 is 5.60 Å². The normalized spacial score (nSPS) is 23.2. The Morgan fingerprint density at radius 2 is 1.97 bits per heavy atom. The molecule has 4 rings (SSSR count). The van der Waals surface area contributed by atoms with Crippen molar-refractivity contribution in [2.45, 2.75) is 76.6 Å². The molecule has 2 heterocycles. The van der Waals surface area contributed by atoms with E-state index in [1.807, 2.05) is 33.8 Å². The monoisotopic (exact) mass is 408 g/mol. The zero-order valence-electron chi connectivity index (χ0n) is 17.9. The number of alkyl carbamates (subject to hydrolysis) is 1. The summed E-state index contributed by atoms with van der Waals surface area (Å²) in [4.78, 5) is 21.0. The highest BCUT2D eigenvalue weighted by molar-refractivity contribution is 5.94. The van der Waals surface area contributed by atoms with Gasteiger partial charge in [0.1, 0.15) is 29.0 Å². The van der Waals surface area contributed by atoms with Crippen LogP contribution in [0.5, 0.6) is 0 Å². The number of hydrogen-bond donors (Lipinski definition) is 3. The second-order valence-corrected chi connectivity index (χ2v) is 9.61. The Bertz CT molecular complexity index is 1010. The number of nitrogens with one attached hydrogen (secondary N) is 3. The number of ether oxygens (including phenoxy) is 1. The van der Waals surface area contributed by atoms with Crippen LogP contribution < -0.4 is 16.0 Å². The fourth-order valence-electron chi connectivity index (χ4n) is 3.80. The van der Waals surface area contributed by atoms with Crippen molar-refractivity contribution in [3.63, 3.8) is 0 Å². The number of hydrogen-bond acceptors (Lipinski definition) is 7. The van der Waals surface area contributed by atoms with Gasteiger partial charge in [-0.15, -0.1) is 0 Å². The molecule has 1 amide bonds. The van der Waals surface area contributed by atoms with E-state index >= 15 is 0 Å². The molecule has 2 aliphatic rings. The minimum atomic E-state index is -0.511. The number of amides is 1. The molecular weight excluding hydrogens is 380 g/mol. The van der Waals surface area contributed by atoms with Gasteiger partial charge in [-0.3, -0.25) is 0 Å². The molecule has 0 aliphatic heterocycles. The molecule has 2 saturated carbocycles. The maximum atomic E-state index is 12.1. The average molecular weight is 409 g/mol. The average Bonchev–Trinajstić information content (AvgIpc) is 3.42. The summed E-state index contributed by atoms with van der Waals surface area (Å²) in [7, 11) is 0. The van der Waals surface area contributed by atoms with Crippen molar-refractivity contribution in [3.8, 4) is 6.07 Å². The van der Waals surface area contributed by atoms with E-state index in [-0.39, 0.29) is 17.7 Å². The minimum Gasteiger partial charge on any atom is -0.444 e. The Kier molecular flexibility index (Phi) is 4.92. The zero-order valence-corrected chi connectivity index (χ0v) is 17.9. The Morgan fingerprint density at radius 1 is 1.23 bits per heavy atom. The lowest BCUT2D eigenvalue weighted by Crippen LogP contribution is -2.59. The van der Waals surface area contributed by atoms with E-state index in [1.54, 1.807) is 12.3 Å². The Morgan fingerprint density at radius 3 is 2.60 bits per heavy atom. The van der Waals surface area contributed by atoms with Crippen LogP contribution in [0.3, 0.4) is 0 Å². The first-order valence-electron chi connectivity index (χ1n) is 10.4. The molecule has 8 nitrogen and oxygen atoms in total. The summed E-state index contributed by atoms with van der Waals surface area (Å²) in [5.41, 5.74) is -0.419. The van der Waals surface area contributed by atoms with Gasteiger partial charge in [-0.1, -0.05) is 0 Å². The fraction of sp³-hybridized carbons (Fsp3) is 0.545. The number of nitriles is 1. The largest absolute Gasteiger partial charge is 0.444 e. The molecule has 0 spiro atoms. The molecule has 0 aromatic carbocycles. The molecule has 0 atom stereocenters. The zero-order chi connectivity index (χ0) is 21.5. The number of carbonyl (C=O) groups is 1. The van der Waals surface area contributed by atoms with Gasteiger partial charge in [-0.05, 0) is 65.5 Å². The van der Waals surface area contributed by atoms with Gasteiger partial charge in [-0.25, -0.2) is 14.8 Å². The van der Waals surface area contributed by atoms with Gasteiger partial charge >= 0.3 is 6.09 Å². The van der Waals surface area contributed by atoms with Gasteiger partial charge < -0.3 is 20.7 Å². The predicted octanol–water partition coefficient (Wildman–Crippen LogP) is 3.93. The molecule has 0 radical (unpaired) electrons. The fourth-order valence-corrected chi connectivity index (χ4v) is 3.80. The van der Waals surface area contributed by atoms with E-state index in [0.717, 1.165) is 48.1 Å². The molecular formula is C22H28N6O2. The first-order chi connectivity index (χ1) is 14.1. The summed E-state index contributed by atoms with van der Waals surface area (Å²) in [5.74, 6) is 1.50. The van der Waals surface area contributed by atoms with Crippen LogP contribution in [-0.4, -0.2) is 39.3 Å². The second-order valence-electron chi connectivity index (χ2n) is 9.61. The lowest BCUT2D eigenvalue weighted by molar-refractivity contribution is 0.0393. The molecule has 2 aliphatic carbocycles. The van der Waals surface area contributed by atoms with Crippen molar-refractivity contribution >= 4 is 28.5 Å². The molecule has 158 valence electrons. The standard InChI is InChI=1S/C22H28N6O2/c1-21(2,3)30-20(29)28-22(4)9-16(10-22)25-18-8-17-13(12-24-18)7-15(11-23)27-19(17)26-14-5-6-14/h7-8,12,14,16H,5-6,9-10H2,1-4H3,(H,24,25)(H,26,27)(H,28,29)/t16-,22-. The lowest BCUT2D eigenvalue weighted by atomic mass is 9.74. The molecule has 0 bridgehead atoms. The molecule has 8 heteroatoms. The van der Waals surface area contributed by atoms with Crippen LogP contribution >= 0.6 is 0 Å². The first-order valence-corrected chi connectivity index (χ1v) is 10.4. The van der Waals surface area contributed by atoms with Crippen LogP contribution in [0.1, 0.15) is 59.1 Å². The second kappa shape index (κ2) is 7.31. The summed E-state index contributed by atoms with van der Waals surface area (Å²) < 4.78 is 5.36. The third kappa shape index (κ3) is 4.73. The van der Waals surface area contributed by atoms with Gasteiger partial charge in [0, 0.05) is 34.6 Å². The number of pyridine rings is 2. The smallest absolute Gasteiger partial charge is 0.408 e. The highest BCUT2D eigenvalue weighted by Gasteiger charge is 2.42. The third-order valence-electron chi connectivity index (χ3n) is 5.30. The number of carbonyl (C=O) groups excluding carboxylic acids is 1. The maximum absolute atomic E-state index is 12.1. The molecule has 2 aromatic heterocycles. The van der Waals surface area contributed by atoms with E-state index in [4.69, 9.17) is 4.74 Å². The van der Waals surface area contributed by atoms with Gasteiger partial charge in [0.15, 0.2) is 0 Å². The van der Waals surface area contributed by atoms with Gasteiger partial charge in [-0.2, -0.15) is 5.26 Å². The molecule has 2 fully saturated rings. The molecule has 0 unspecified atom stereocenters. The van der Waals surface area contributed by atoms with Crippen LogP contribution in [0.2, 0.25) is 0 Å². The van der Waals surface area contributed by atoms with Gasteiger partial charge in [0.2, 0.25) is 0 Å². The molecule has 3 N–H and O–H groups in total. The number of aromatic nitrogens is 2. The molecule has 2 aromatic rings. The number of fused-ring (bicyclic) bond motifs is 1. The first kappa shape index (κ1) is 20.2. The molecule has 0 saturated heterocycles. The molecule has 30 heavy (non-hydrogen) atoms. The van der Waals surface area contributed by atoms with E-state index in [0.29, 0.717) is 11.7 Å². The Balaban J connectivity index is 1.42. The summed E-state index contributed by atoms with van der Waals surface area (Å²) >= 11 is 0. The SMILES string of the molecule is CC(C)(C)OC(=O)N[C@]1(C)C[C@@H](Nc2cc3c(NC4CC4)nc(C#N)cc3cn2)C1. The van der Waals surface area contributed by atoms with Gasteiger partial charge in [0.25, 0.3) is 0 Å². The number of rotatable bonds is 5. The van der Waals surface area contributed by atoms with Crippen molar-refractivity contribution < 1.29 is 9.53 Å². The van der Waals surface area contributed by atoms with Crippen molar-refractivity contribution in [3.05, 3.63) is 24.0 Å². The summed E-state index contributed by atoms with van der Waals surface area (Å²) in [6.45, 7) is 7.58. The van der Waals surface area contributed by atoms with E-state index in [9.17, 15) is 10.1 Å².